The fourth-order valence-corrected chi connectivity index (χ4v) is 1.60. The molecule has 0 radical (unpaired) electrons. The lowest BCUT2D eigenvalue weighted by Crippen LogP contribution is -2.27. The van der Waals surface area contributed by atoms with E-state index >= 15 is 0 Å². The van der Waals surface area contributed by atoms with Crippen LogP contribution < -0.4 is 11.1 Å². The van der Waals surface area contributed by atoms with Gasteiger partial charge in [-0.1, -0.05) is 24.4 Å². The van der Waals surface area contributed by atoms with Crippen LogP contribution in [0.3, 0.4) is 0 Å². The zero-order valence-electron chi connectivity index (χ0n) is 11.5. The molecule has 104 valence electrons. The molecule has 0 aromatic heterocycles. The van der Waals surface area contributed by atoms with Crippen molar-refractivity contribution in [3.05, 3.63) is 29.8 Å². The first-order valence-electron chi connectivity index (χ1n) is 6.13. The van der Waals surface area contributed by atoms with Gasteiger partial charge >= 0.3 is 6.09 Å². The smallest absolute Gasteiger partial charge is 0.412 e. The summed E-state index contributed by atoms with van der Waals surface area (Å²) >= 11 is 4.85. The lowest BCUT2D eigenvalue weighted by Gasteiger charge is -2.19. The minimum atomic E-state index is -0.507. The van der Waals surface area contributed by atoms with Gasteiger partial charge in [0.2, 0.25) is 0 Å². The molecule has 5 heteroatoms. The van der Waals surface area contributed by atoms with Crippen LogP contribution in [-0.2, 0) is 11.2 Å². The number of thiocarbonyl (C=S) groups is 1. The summed E-state index contributed by atoms with van der Waals surface area (Å²) in [6.07, 6.45) is 0.962. The highest BCUT2D eigenvalue weighted by Crippen LogP contribution is 2.14. The Labute approximate surface area is 119 Å². The summed E-state index contributed by atoms with van der Waals surface area (Å²) in [4.78, 5) is 12.1. The maximum absolute atomic E-state index is 11.6. The Kier molecular flexibility index (Phi) is 5.30. The summed E-state index contributed by atoms with van der Waals surface area (Å²) in [7, 11) is 0. The lowest BCUT2D eigenvalue weighted by molar-refractivity contribution is 0.0636. The minimum Gasteiger partial charge on any atom is -0.444 e. The Hall–Kier alpha value is -1.62. The number of nitrogens with two attached hydrogens (primary N) is 1. The third-order valence-electron chi connectivity index (χ3n) is 2.23. The average molecular weight is 280 g/mol. The topological polar surface area (TPSA) is 64.3 Å². The second-order valence-electron chi connectivity index (χ2n) is 5.29. The van der Waals surface area contributed by atoms with Crippen molar-refractivity contribution in [2.45, 2.75) is 39.2 Å². The number of ether oxygens (including phenoxy) is 1. The highest BCUT2D eigenvalue weighted by molar-refractivity contribution is 7.80. The van der Waals surface area contributed by atoms with Gasteiger partial charge in [-0.05, 0) is 44.9 Å². The maximum Gasteiger partial charge on any atom is 0.412 e. The molecule has 0 bridgehead atoms. The molecular formula is C14H20N2O2S. The number of aryl methyl sites for hydroxylation is 1. The summed E-state index contributed by atoms with van der Waals surface area (Å²) in [6, 6.07) is 7.55. The quantitative estimate of drug-likeness (QED) is 0.831. The predicted molar refractivity (Wildman–Crippen MR) is 81.4 cm³/mol. The Morgan fingerprint density at radius 1 is 1.42 bits per heavy atom. The van der Waals surface area contributed by atoms with Crippen LogP contribution in [0, 0.1) is 0 Å². The van der Waals surface area contributed by atoms with Crippen LogP contribution in [0.1, 0.15) is 32.8 Å². The van der Waals surface area contributed by atoms with Crippen LogP contribution in [0.5, 0.6) is 0 Å². The van der Waals surface area contributed by atoms with E-state index in [4.69, 9.17) is 22.7 Å². The Balaban J connectivity index is 2.61. The van der Waals surface area contributed by atoms with E-state index in [1.165, 1.54) is 0 Å². The van der Waals surface area contributed by atoms with Gasteiger partial charge < -0.3 is 10.5 Å². The van der Waals surface area contributed by atoms with Gasteiger partial charge in [0.05, 0.1) is 4.99 Å². The number of anilines is 1. The molecule has 0 aliphatic rings. The van der Waals surface area contributed by atoms with E-state index in [9.17, 15) is 4.79 Å². The first kappa shape index (κ1) is 15.4. The molecule has 0 fully saturated rings. The molecule has 1 aromatic carbocycles. The van der Waals surface area contributed by atoms with E-state index in [1.54, 1.807) is 0 Å². The van der Waals surface area contributed by atoms with Crippen LogP contribution in [0.25, 0.3) is 0 Å². The van der Waals surface area contributed by atoms with Crippen LogP contribution in [-0.4, -0.2) is 16.7 Å². The molecule has 3 N–H and O–H groups in total. The van der Waals surface area contributed by atoms with Crippen LogP contribution >= 0.6 is 12.2 Å². The molecule has 0 spiro atoms. The second-order valence-corrected chi connectivity index (χ2v) is 5.82. The van der Waals surface area contributed by atoms with Crippen molar-refractivity contribution in [2.24, 2.45) is 5.73 Å². The van der Waals surface area contributed by atoms with E-state index in [0.29, 0.717) is 17.1 Å². The number of hydrogen-bond donors (Lipinski definition) is 2. The molecule has 0 unspecified atom stereocenters. The highest BCUT2D eigenvalue weighted by atomic mass is 32.1. The third-order valence-corrected chi connectivity index (χ3v) is 2.44. The summed E-state index contributed by atoms with van der Waals surface area (Å²) < 4.78 is 5.19. The van der Waals surface area contributed by atoms with Crippen molar-refractivity contribution in [3.8, 4) is 0 Å². The highest BCUT2D eigenvalue weighted by Gasteiger charge is 2.16. The number of hydrogen-bond acceptors (Lipinski definition) is 3. The number of amides is 1. The molecule has 0 atom stereocenters. The van der Waals surface area contributed by atoms with E-state index in [2.05, 4.69) is 5.32 Å². The Morgan fingerprint density at radius 2 is 2.11 bits per heavy atom. The molecule has 0 aliphatic carbocycles. The number of nitrogens with one attached hydrogen (secondary N) is 1. The molecule has 0 saturated heterocycles. The first-order valence-corrected chi connectivity index (χ1v) is 6.54. The third kappa shape index (κ3) is 6.76. The predicted octanol–water partition coefficient (Wildman–Crippen LogP) is 3.25. The van der Waals surface area contributed by atoms with Gasteiger partial charge in [0.1, 0.15) is 5.60 Å². The average Bonchev–Trinajstić information content (AvgIpc) is 2.24. The van der Waals surface area contributed by atoms with Crippen LogP contribution in [0.2, 0.25) is 0 Å². The summed E-state index contributed by atoms with van der Waals surface area (Å²) in [5.41, 5.74) is 6.74. The van der Waals surface area contributed by atoms with Gasteiger partial charge in [0, 0.05) is 12.1 Å². The number of carbonyl (C=O) groups excluding carboxylic acids is 1. The van der Waals surface area contributed by atoms with Crippen molar-refractivity contribution in [1.82, 2.24) is 0 Å². The summed E-state index contributed by atoms with van der Waals surface area (Å²) in [5, 5.41) is 2.70. The molecule has 1 aromatic rings. The standard InChI is InChI=1S/C14H20N2O2S/c1-14(2,3)18-13(17)16-11-6-4-5-10(9-11)7-8-12(15)19/h4-6,9H,7-8H2,1-3H3,(H2,15,19)(H,16,17). The van der Waals surface area contributed by atoms with Gasteiger partial charge in [-0.2, -0.15) is 0 Å². The zero-order chi connectivity index (χ0) is 14.5. The van der Waals surface area contributed by atoms with E-state index < -0.39 is 11.7 Å². The van der Waals surface area contributed by atoms with E-state index in [0.717, 1.165) is 12.0 Å². The van der Waals surface area contributed by atoms with Crippen molar-refractivity contribution < 1.29 is 9.53 Å². The number of carbonyl (C=O) groups is 1. The van der Waals surface area contributed by atoms with Crippen LogP contribution in [0.15, 0.2) is 24.3 Å². The minimum absolute atomic E-state index is 0.459. The molecule has 0 aliphatic heterocycles. The maximum atomic E-state index is 11.6. The first-order chi connectivity index (χ1) is 8.76. The molecule has 19 heavy (non-hydrogen) atoms. The fourth-order valence-electron chi connectivity index (χ4n) is 1.49. The van der Waals surface area contributed by atoms with Crippen molar-refractivity contribution in [2.75, 3.05) is 5.32 Å². The monoisotopic (exact) mass is 280 g/mol. The summed E-state index contributed by atoms with van der Waals surface area (Å²) in [5.74, 6) is 0. The molecule has 4 nitrogen and oxygen atoms in total. The molecule has 0 heterocycles. The molecular weight excluding hydrogens is 260 g/mol. The van der Waals surface area contributed by atoms with Crippen molar-refractivity contribution in [1.29, 1.82) is 0 Å². The largest absolute Gasteiger partial charge is 0.444 e. The summed E-state index contributed by atoms with van der Waals surface area (Å²) in [6.45, 7) is 5.47. The van der Waals surface area contributed by atoms with Crippen molar-refractivity contribution >= 4 is 29.0 Å². The van der Waals surface area contributed by atoms with Gasteiger partial charge in [-0.25, -0.2) is 4.79 Å². The normalized spacial score (nSPS) is 10.9. The molecule has 1 rings (SSSR count). The number of benzene rings is 1. The SMILES string of the molecule is CC(C)(C)OC(=O)Nc1cccc(CCC(N)=S)c1. The lowest BCUT2D eigenvalue weighted by atomic mass is 10.1. The zero-order valence-corrected chi connectivity index (χ0v) is 12.3. The molecule has 1 amide bonds. The van der Waals surface area contributed by atoms with Crippen molar-refractivity contribution in [3.63, 3.8) is 0 Å². The van der Waals surface area contributed by atoms with E-state index in [1.807, 2.05) is 45.0 Å². The van der Waals surface area contributed by atoms with Gasteiger partial charge in [-0.3, -0.25) is 5.32 Å². The fraction of sp³-hybridized carbons (Fsp3) is 0.429. The molecule has 0 saturated carbocycles. The van der Waals surface area contributed by atoms with Gasteiger partial charge in [0.25, 0.3) is 0 Å². The van der Waals surface area contributed by atoms with Crippen LogP contribution in [0.4, 0.5) is 10.5 Å². The van der Waals surface area contributed by atoms with E-state index in [-0.39, 0.29) is 0 Å². The van der Waals surface area contributed by atoms with Gasteiger partial charge in [0.15, 0.2) is 0 Å². The Bertz CT molecular complexity index is 467. The van der Waals surface area contributed by atoms with Gasteiger partial charge in [-0.15, -0.1) is 0 Å². The second kappa shape index (κ2) is 6.52. The number of rotatable bonds is 4. The Morgan fingerprint density at radius 3 is 2.68 bits per heavy atom.